The Morgan fingerprint density at radius 3 is 1.47 bits per heavy atom. The number of carbonyl (C=O) groups excluding carboxylic acids is 2. The molecule has 0 aromatic heterocycles. The van der Waals surface area contributed by atoms with Gasteiger partial charge in [0.1, 0.15) is 0 Å². The Hall–Kier alpha value is -4.46. The Labute approximate surface area is 173 Å². The van der Waals surface area contributed by atoms with E-state index in [0.29, 0.717) is 11.4 Å². The quantitative estimate of drug-likeness (QED) is 0.371. The summed E-state index contributed by atoms with van der Waals surface area (Å²) in [5.41, 5.74) is 7.66. The van der Waals surface area contributed by atoms with Gasteiger partial charge in [0.15, 0.2) is 0 Å². The SMILES string of the molecule is O=C(N/N=C\c1cccc(/C=N\NC(=O)Nc2ccccc2)c1)Nc1ccccc1. The number of hydrogen-bond donors (Lipinski definition) is 4. The summed E-state index contributed by atoms with van der Waals surface area (Å²) in [7, 11) is 0. The fourth-order valence-electron chi connectivity index (χ4n) is 2.41. The summed E-state index contributed by atoms with van der Waals surface area (Å²) in [6.07, 6.45) is 3.02. The molecule has 0 aliphatic carbocycles. The van der Waals surface area contributed by atoms with E-state index < -0.39 is 12.1 Å². The summed E-state index contributed by atoms with van der Waals surface area (Å²) in [6.45, 7) is 0. The minimum atomic E-state index is -0.441. The lowest BCUT2D eigenvalue weighted by Crippen LogP contribution is -2.24. The molecule has 4 N–H and O–H groups in total. The van der Waals surface area contributed by atoms with Gasteiger partial charge in [-0.25, -0.2) is 20.4 Å². The van der Waals surface area contributed by atoms with Gasteiger partial charge in [-0.3, -0.25) is 0 Å². The van der Waals surface area contributed by atoms with Gasteiger partial charge in [-0.2, -0.15) is 10.2 Å². The average molecular weight is 400 g/mol. The van der Waals surface area contributed by atoms with Crippen molar-refractivity contribution in [1.29, 1.82) is 0 Å². The number of amides is 4. The highest BCUT2D eigenvalue weighted by Crippen LogP contribution is 2.05. The number of benzene rings is 3. The predicted molar refractivity (Wildman–Crippen MR) is 119 cm³/mol. The fourth-order valence-corrected chi connectivity index (χ4v) is 2.41. The Bertz CT molecular complexity index is 955. The Balaban J connectivity index is 1.47. The van der Waals surface area contributed by atoms with Crippen molar-refractivity contribution in [3.8, 4) is 0 Å². The highest BCUT2D eigenvalue weighted by Gasteiger charge is 1.99. The number of nitrogens with one attached hydrogen (secondary N) is 4. The molecule has 8 nitrogen and oxygen atoms in total. The van der Waals surface area contributed by atoms with Crippen LogP contribution in [0.1, 0.15) is 11.1 Å². The van der Waals surface area contributed by atoms with Crippen LogP contribution in [0.25, 0.3) is 0 Å². The molecule has 3 aromatic carbocycles. The van der Waals surface area contributed by atoms with Crippen LogP contribution in [0.3, 0.4) is 0 Å². The molecule has 4 amide bonds. The van der Waals surface area contributed by atoms with Gasteiger partial charge in [0.25, 0.3) is 0 Å². The van der Waals surface area contributed by atoms with Crippen LogP contribution < -0.4 is 21.5 Å². The Kier molecular flexibility index (Phi) is 7.28. The van der Waals surface area contributed by atoms with Crippen molar-refractivity contribution in [1.82, 2.24) is 10.9 Å². The van der Waals surface area contributed by atoms with E-state index in [1.165, 1.54) is 12.4 Å². The van der Waals surface area contributed by atoms with Crippen molar-refractivity contribution in [2.75, 3.05) is 10.6 Å². The maximum absolute atomic E-state index is 11.8. The third-order valence-electron chi connectivity index (χ3n) is 3.73. The maximum atomic E-state index is 11.8. The van der Waals surface area contributed by atoms with E-state index in [0.717, 1.165) is 11.1 Å². The number of rotatable bonds is 6. The molecular formula is C22H20N6O2. The van der Waals surface area contributed by atoms with Gasteiger partial charge >= 0.3 is 12.1 Å². The topological polar surface area (TPSA) is 107 Å². The van der Waals surface area contributed by atoms with E-state index in [9.17, 15) is 9.59 Å². The fraction of sp³-hybridized carbons (Fsp3) is 0. The van der Waals surface area contributed by atoms with E-state index in [4.69, 9.17) is 0 Å². The number of hydrazone groups is 2. The molecule has 3 aromatic rings. The lowest BCUT2D eigenvalue weighted by atomic mass is 10.1. The first-order valence-electron chi connectivity index (χ1n) is 9.09. The normalized spacial score (nSPS) is 10.7. The smallest absolute Gasteiger partial charge is 0.307 e. The monoisotopic (exact) mass is 400 g/mol. The largest absolute Gasteiger partial charge is 0.339 e. The van der Waals surface area contributed by atoms with Crippen LogP contribution in [0, 0.1) is 0 Å². The van der Waals surface area contributed by atoms with Crippen LogP contribution in [0.4, 0.5) is 21.0 Å². The minimum Gasteiger partial charge on any atom is -0.307 e. The minimum absolute atomic E-state index is 0.441. The molecule has 0 bridgehead atoms. The third-order valence-corrected chi connectivity index (χ3v) is 3.73. The molecule has 0 saturated carbocycles. The highest BCUT2D eigenvalue weighted by atomic mass is 16.2. The van der Waals surface area contributed by atoms with Gasteiger partial charge in [0.2, 0.25) is 0 Å². The molecule has 0 spiro atoms. The summed E-state index contributed by atoms with van der Waals surface area (Å²) < 4.78 is 0. The molecule has 0 heterocycles. The second-order valence-corrected chi connectivity index (χ2v) is 6.05. The van der Waals surface area contributed by atoms with Crippen LogP contribution in [0.15, 0.2) is 95.1 Å². The van der Waals surface area contributed by atoms with Crippen molar-refractivity contribution in [3.05, 3.63) is 96.1 Å². The number of carbonyl (C=O) groups is 2. The molecular weight excluding hydrogens is 380 g/mol. The molecule has 30 heavy (non-hydrogen) atoms. The van der Waals surface area contributed by atoms with Crippen molar-refractivity contribution in [2.24, 2.45) is 10.2 Å². The van der Waals surface area contributed by atoms with Gasteiger partial charge in [-0.05, 0) is 41.5 Å². The van der Waals surface area contributed by atoms with Gasteiger partial charge in [0, 0.05) is 11.4 Å². The van der Waals surface area contributed by atoms with Gasteiger partial charge in [-0.1, -0.05) is 54.6 Å². The number of nitrogens with zero attached hydrogens (tertiary/aromatic N) is 2. The molecule has 0 fully saturated rings. The summed E-state index contributed by atoms with van der Waals surface area (Å²) in [5.74, 6) is 0. The zero-order valence-corrected chi connectivity index (χ0v) is 15.9. The molecule has 8 heteroatoms. The molecule has 0 atom stereocenters. The van der Waals surface area contributed by atoms with Gasteiger partial charge in [-0.15, -0.1) is 0 Å². The maximum Gasteiger partial charge on any atom is 0.339 e. The lowest BCUT2D eigenvalue weighted by Gasteiger charge is -2.03. The molecule has 150 valence electrons. The molecule has 0 aliphatic rings. The average Bonchev–Trinajstić information content (AvgIpc) is 2.75. The van der Waals surface area contributed by atoms with Crippen molar-refractivity contribution in [2.45, 2.75) is 0 Å². The van der Waals surface area contributed by atoms with Crippen LogP contribution in [-0.4, -0.2) is 24.5 Å². The summed E-state index contributed by atoms with van der Waals surface area (Å²) >= 11 is 0. The summed E-state index contributed by atoms with van der Waals surface area (Å²) in [4.78, 5) is 23.6. The molecule has 0 unspecified atom stereocenters. The third kappa shape index (κ3) is 6.93. The van der Waals surface area contributed by atoms with Crippen molar-refractivity contribution < 1.29 is 9.59 Å². The van der Waals surface area contributed by atoms with E-state index in [1.807, 2.05) is 54.6 Å². The second-order valence-electron chi connectivity index (χ2n) is 6.05. The number of urea groups is 2. The predicted octanol–water partition coefficient (Wildman–Crippen LogP) is 4.00. The van der Waals surface area contributed by atoms with E-state index in [2.05, 4.69) is 31.7 Å². The van der Waals surface area contributed by atoms with Crippen LogP contribution in [0.2, 0.25) is 0 Å². The van der Waals surface area contributed by atoms with E-state index in [-0.39, 0.29) is 0 Å². The van der Waals surface area contributed by atoms with Crippen molar-refractivity contribution in [3.63, 3.8) is 0 Å². The van der Waals surface area contributed by atoms with Crippen LogP contribution in [-0.2, 0) is 0 Å². The van der Waals surface area contributed by atoms with E-state index >= 15 is 0 Å². The summed E-state index contributed by atoms with van der Waals surface area (Å²) in [6, 6.07) is 24.5. The molecule has 0 radical (unpaired) electrons. The standard InChI is InChI=1S/C22H20N6O2/c29-21(25-19-10-3-1-4-11-19)27-23-15-17-8-7-9-18(14-17)16-24-28-22(30)26-20-12-5-2-6-13-20/h1-16H,(H2,25,27,29)(H2,26,28,30)/b23-15-,24-16-. The molecule has 0 aliphatic heterocycles. The van der Waals surface area contributed by atoms with Crippen molar-refractivity contribution >= 4 is 35.9 Å². The van der Waals surface area contributed by atoms with Crippen LogP contribution in [0.5, 0.6) is 0 Å². The first kappa shape index (κ1) is 20.3. The first-order chi connectivity index (χ1) is 14.7. The Morgan fingerprint density at radius 1 is 0.600 bits per heavy atom. The number of hydrogen-bond acceptors (Lipinski definition) is 4. The van der Waals surface area contributed by atoms with Gasteiger partial charge < -0.3 is 10.6 Å². The zero-order valence-electron chi connectivity index (χ0n) is 15.9. The molecule has 3 rings (SSSR count). The zero-order chi connectivity index (χ0) is 21.0. The van der Waals surface area contributed by atoms with Gasteiger partial charge in [0.05, 0.1) is 12.4 Å². The number of para-hydroxylation sites is 2. The summed E-state index contributed by atoms with van der Waals surface area (Å²) in [5, 5.41) is 13.2. The highest BCUT2D eigenvalue weighted by molar-refractivity contribution is 5.92. The molecule has 0 saturated heterocycles. The lowest BCUT2D eigenvalue weighted by molar-refractivity contribution is 0.251. The first-order valence-corrected chi connectivity index (χ1v) is 9.09. The van der Waals surface area contributed by atoms with E-state index in [1.54, 1.807) is 30.3 Å². The Morgan fingerprint density at radius 2 is 1.03 bits per heavy atom. The second kappa shape index (κ2) is 10.8. The van der Waals surface area contributed by atoms with Crippen LogP contribution >= 0.6 is 0 Å². The number of anilines is 2.